The maximum atomic E-state index is 12.9. The number of aromatic nitrogens is 4. The van der Waals surface area contributed by atoms with Crippen LogP contribution >= 0.6 is 0 Å². The van der Waals surface area contributed by atoms with Crippen LogP contribution in [0, 0.1) is 5.82 Å². The van der Waals surface area contributed by atoms with E-state index in [-0.39, 0.29) is 17.9 Å². The second-order valence-electron chi connectivity index (χ2n) is 4.49. The summed E-state index contributed by atoms with van der Waals surface area (Å²) >= 11 is 0. The first-order valence-electron chi connectivity index (χ1n) is 6.40. The average molecular weight is 263 g/mol. The first-order chi connectivity index (χ1) is 9.13. The second kappa shape index (κ2) is 5.88. The molecule has 1 aromatic carbocycles. The smallest absolute Gasteiger partial charge is 0.168 e. The Bertz CT molecular complexity index is 522. The van der Waals surface area contributed by atoms with Gasteiger partial charge in [0.25, 0.3) is 0 Å². The zero-order valence-corrected chi connectivity index (χ0v) is 11.3. The summed E-state index contributed by atoms with van der Waals surface area (Å²) in [5, 5.41) is 15.1. The molecule has 2 atom stereocenters. The molecule has 5 nitrogen and oxygen atoms in total. The summed E-state index contributed by atoms with van der Waals surface area (Å²) in [4.78, 5) is 0. The Morgan fingerprint density at radius 2 is 1.95 bits per heavy atom. The zero-order chi connectivity index (χ0) is 13.8. The van der Waals surface area contributed by atoms with Crippen LogP contribution in [0.3, 0.4) is 0 Å². The van der Waals surface area contributed by atoms with E-state index >= 15 is 0 Å². The number of hydrogen-bond donors (Lipinski definition) is 1. The van der Waals surface area contributed by atoms with Crippen LogP contribution in [0.1, 0.15) is 44.2 Å². The molecule has 0 radical (unpaired) electrons. The van der Waals surface area contributed by atoms with Crippen LogP contribution in [-0.2, 0) is 0 Å². The lowest BCUT2D eigenvalue weighted by atomic mass is 10.1. The number of rotatable bonds is 5. The quantitative estimate of drug-likeness (QED) is 0.897. The minimum atomic E-state index is -0.242. The van der Waals surface area contributed by atoms with Crippen LogP contribution in [-0.4, -0.2) is 26.8 Å². The van der Waals surface area contributed by atoms with Gasteiger partial charge in [-0.05, 0) is 48.5 Å². The maximum Gasteiger partial charge on any atom is 0.168 e. The molecule has 2 aromatic rings. The average Bonchev–Trinajstić information content (AvgIpc) is 2.88. The number of hydrogen-bond acceptors (Lipinski definition) is 4. The number of nitrogens with one attached hydrogen (secondary N) is 1. The van der Waals surface area contributed by atoms with Crippen molar-refractivity contribution >= 4 is 0 Å². The maximum absolute atomic E-state index is 12.9. The Labute approximate surface area is 111 Å². The molecular formula is C13H18FN5. The highest BCUT2D eigenvalue weighted by molar-refractivity contribution is 5.20. The third-order valence-corrected chi connectivity index (χ3v) is 3.14. The van der Waals surface area contributed by atoms with E-state index in [0.717, 1.165) is 17.9 Å². The van der Waals surface area contributed by atoms with Crippen molar-refractivity contribution < 1.29 is 4.39 Å². The van der Waals surface area contributed by atoms with E-state index < -0.39 is 0 Å². The van der Waals surface area contributed by atoms with Gasteiger partial charge in [-0.25, -0.2) is 9.07 Å². The molecule has 1 aromatic heterocycles. The molecular weight excluding hydrogens is 245 g/mol. The van der Waals surface area contributed by atoms with Gasteiger partial charge in [-0.15, -0.1) is 5.10 Å². The fourth-order valence-corrected chi connectivity index (χ4v) is 2.04. The lowest BCUT2D eigenvalue weighted by Crippen LogP contribution is -2.23. The molecule has 0 bridgehead atoms. The standard InChI is InChI=1S/C13H18FN5/c1-4-15-9(2)13-16-17-18-19(13)10(3)11-5-7-12(14)8-6-11/h5-10,15H,4H2,1-3H3. The Kier molecular flexibility index (Phi) is 4.21. The van der Waals surface area contributed by atoms with Crippen molar-refractivity contribution in [3.05, 3.63) is 41.5 Å². The van der Waals surface area contributed by atoms with Gasteiger partial charge in [-0.1, -0.05) is 19.1 Å². The monoisotopic (exact) mass is 263 g/mol. The van der Waals surface area contributed by atoms with Crippen molar-refractivity contribution in [3.63, 3.8) is 0 Å². The van der Waals surface area contributed by atoms with E-state index in [0.29, 0.717) is 0 Å². The molecule has 0 saturated heterocycles. The first-order valence-corrected chi connectivity index (χ1v) is 6.40. The van der Waals surface area contributed by atoms with E-state index in [2.05, 4.69) is 20.8 Å². The van der Waals surface area contributed by atoms with E-state index in [1.165, 1.54) is 12.1 Å². The minimum Gasteiger partial charge on any atom is -0.308 e. The van der Waals surface area contributed by atoms with Gasteiger partial charge in [0.05, 0.1) is 12.1 Å². The van der Waals surface area contributed by atoms with Crippen LogP contribution in [0.25, 0.3) is 0 Å². The molecule has 0 saturated carbocycles. The molecule has 0 spiro atoms. The lowest BCUT2D eigenvalue weighted by Gasteiger charge is -2.17. The third kappa shape index (κ3) is 2.96. The summed E-state index contributed by atoms with van der Waals surface area (Å²) < 4.78 is 14.7. The minimum absolute atomic E-state index is 0.0355. The van der Waals surface area contributed by atoms with Crippen LogP contribution in [0.2, 0.25) is 0 Å². The number of halogens is 1. The summed E-state index contributed by atoms with van der Waals surface area (Å²) in [5.41, 5.74) is 0.971. The van der Waals surface area contributed by atoms with Crippen LogP contribution in [0.15, 0.2) is 24.3 Å². The third-order valence-electron chi connectivity index (χ3n) is 3.14. The summed E-state index contributed by atoms with van der Waals surface area (Å²) in [6, 6.07) is 6.44. The van der Waals surface area contributed by atoms with Crippen molar-refractivity contribution in [2.75, 3.05) is 6.54 Å². The van der Waals surface area contributed by atoms with Crippen molar-refractivity contribution in [2.24, 2.45) is 0 Å². The van der Waals surface area contributed by atoms with Gasteiger partial charge < -0.3 is 5.32 Å². The van der Waals surface area contributed by atoms with Gasteiger partial charge in [-0.2, -0.15) is 0 Å². The van der Waals surface area contributed by atoms with Crippen molar-refractivity contribution in [3.8, 4) is 0 Å². The van der Waals surface area contributed by atoms with Crippen molar-refractivity contribution in [1.29, 1.82) is 0 Å². The number of tetrazole rings is 1. The molecule has 0 aliphatic carbocycles. The van der Waals surface area contributed by atoms with Crippen molar-refractivity contribution in [2.45, 2.75) is 32.9 Å². The highest BCUT2D eigenvalue weighted by Crippen LogP contribution is 2.20. The molecule has 2 rings (SSSR count). The van der Waals surface area contributed by atoms with Crippen LogP contribution in [0.4, 0.5) is 4.39 Å². The van der Waals surface area contributed by atoms with E-state index in [4.69, 9.17) is 0 Å². The predicted octanol–water partition coefficient (Wildman–Crippen LogP) is 2.09. The van der Waals surface area contributed by atoms with Crippen LogP contribution in [0.5, 0.6) is 0 Å². The molecule has 1 N–H and O–H groups in total. The number of nitrogens with zero attached hydrogens (tertiary/aromatic N) is 4. The molecule has 0 fully saturated rings. The van der Waals surface area contributed by atoms with Crippen LogP contribution < -0.4 is 5.32 Å². The van der Waals surface area contributed by atoms with Gasteiger partial charge in [0.1, 0.15) is 5.82 Å². The summed E-state index contributed by atoms with van der Waals surface area (Å²) in [6.45, 7) is 6.89. The molecule has 2 unspecified atom stereocenters. The molecule has 0 amide bonds. The largest absolute Gasteiger partial charge is 0.308 e. The molecule has 0 aliphatic heterocycles. The van der Waals surface area contributed by atoms with Gasteiger partial charge in [0.15, 0.2) is 5.82 Å². The van der Waals surface area contributed by atoms with Gasteiger partial charge in [0.2, 0.25) is 0 Å². The zero-order valence-electron chi connectivity index (χ0n) is 11.3. The number of benzene rings is 1. The fourth-order valence-electron chi connectivity index (χ4n) is 2.04. The molecule has 1 heterocycles. The molecule has 6 heteroatoms. The molecule has 0 aliphatic rings. The molecule has 19 heavy (non-hydrogen) atoms. The van der Waals surface area contributed by atoms with Gasteiger partial charge in [0, 0.05) is 0 Å². The Hall–Kier alpha value is -1.82. The second-order valence-corrected chi connectivity index (χ2v) is 4.49. The highest BCUT2D eigenvalue weighted by atomic mass is 19.1. The normalized spacial score (nSPS) is 14.3. The predicted molar refractivity (Wildman–Crippen MR) is 70.1 cm³/mol. The molecule has 102 valence electrons. The summed E-state index contributed by atoms with van der Waals surface area (Å²) in [5.74, 6) is 0.535. The van der Waals surface area contributed by atoms with Crippen molar-refractivity contribution in [1.82, 2.24) is 25.5 Å². The Morgan fingerprint density at radius 1 is 1.26 bits per heavy atom. The lowest BCUT2D eigenvalue weighted by molar-refractivity contribution is 0.470. The van der Waals surface area contributed by atoms with E-state index in [1.54, 1.807) is 16.8 Å². The van der Waals surface area contributed by atoms with E-state index in [9.17, 15) is 4.39 Å². The topological polar surface area (TPSA) is 55.6 Å². The van der Waals surface area contributed by atoms with Gasteiger partial charge in [-0.3, -0.25) is 0 Å². The SMILES string of the molecule is CCNC(C)c1nnnn1C(C)c1ccc(F)cc1. The van der Waals surface area contributed by atoms with Gasteiger partial charge >= 0.3 is 0 Å². The fraction of sp³-hybridized carbons (Fsp3) is 0.462. The van der Waals surface area contributed by atoms with E-state index in [1.807, 2.05) is 20.8 Å². The Balaban J connectivity index is 2.26. The summed E-state index contributed by atoms with van der Waals surface area (Å²) in [6.07, 6.45) is 0. The summed E-state index contributed by atoms with van der Waals surface area (Å²) in [7, 11) is 0. The first kappa shape index (κ1) is 13.6. The highest BCUT2D eigenvalue weighted by Gasteiger charge is 2.18. The Morgan fingerprint density at radius 3 is 2.58 bits per heavy atom.